The van der Waals surface area contributed by atoms with Crippen molar-refractivity contribution in [3.63, 3.8) is 0 Å². The Morgan fingerprint density at radius 2 is 1.78 bits per heavy atom. The van der Waals surface area contributed by atoms with E-state index in [1.807, 2.05) is 83.8 Å². The van der Waals surface area contributed by atoms with Crippen LogP contribution >= 0.6 is 0 Å². The highest BCUT2D eigenvalue weighted by Gasteiger charge is 2.26. The van der Waals surface area contributed by atoms with E-state index in [1.165, 1.54) is 0 Å². The van der Waals surface area contributed by atoms with Crippen LogP contribution in [0.3, 0.4) is 0 Å². The summed E-state index contributed by atoms with van der Waals surface area (Å²) in [4.78, 5) is 15.3. The molecule has 0 aliphatic carbocycles. The van der Waals surface area contributed by atoms with E-state index < -0.39 is 0 Å². The maximum Gasteiger partial charge on any atom is 0.223 e. The van der Waals surface area contributed by atoms with Crippen LogP contribution in [0.15, 0.2) is 78.9 Å². The van der Waals surface area contributed by atoms with Crippen molar-refractivity contribution in [3.8, 4) is 17.2 Å². The molecule has 1 aliphatic rings. The Morgan fingerprint density at radius 1 is 0.973 bits per heavy atom. The monoisotopic (exact) mass is 498 g/mol. The molecule has 1 atom stereocenters. The number of tetrazole rings is 1. The van der Waals surface area contributed by atoms with E-state index in [2.05, 4.69) is 25.9 Å². The van der Waals surface area contributed by atoms with Crippen LogP contribution in [-0.4, -0.2) is 57.1 Å². The van der Waals surface area contributed by atoms with Gasteiger partial charge in [-0.05, 0) is 54.3 Å². The van der Waals surface area contributed by atoms with E-state index in [0.29, 0.717) is 25.2 Å². The minimum absolute atomic E-state index is 0.100. The molecule has 1 fully saturated rings. The summed E-state index contributed by atoms with van der Waals surface area (Å²) in [6.07, 6.45) is 1.84. The number of para-hydroxylation sites is 2. The molecule has 1 amide bonds. The number of hydrogen-bond acceptors (Lipinski definition) is 7. The lowest BCUT2D eigenvalue weighted by Gasteiger charge is -2.36. The molecule has 1 aliphatic heterocycles. The predicted octanol–water partition coefficient (Wildman–Crippen LogP) is 3.55. The fourth-order valence-corrected chi connectivity index (χ4v) is 4.47. The van der Waals surface area contributed by atoms with Gasteiger partial charge in [-0.2, -0.15) is 5.21 Å². The van der Waals surface area contributed by atoms with Crippen molar-refractivity contribution in [1.82, 2.24) is 30.8 Å². The second kappa shape index (κ2) is 12.1. The molecule has 190 valence electrons. The Bertz CT molecular complexity index is 1260. The highest BCUT2D eigenvalue weighted by Crippen LogP contribution is 2.26. The molecule has 2 heterocycles. The number of H-pyrrole nitrogens is 1. The van der Waals surface area contributed by atoms with Gasteiger partial charge in [0.05, 0.1) is 0 Å². The second-order valence-electron chi connectivity index (χ2n) is 8.93. The van der Waals surface area contributed by atoms with Crippen LogP contribution in [0, 0.1) is 0 Å². The predicted molar refractivity (Wildman–Crippen MR) is 138 cm³/mol. The zero-order valence-electron chi connectivity index (χ0n) is 20.5. The molecule has 37 heavy (non-hydrogen) atoms. The number of piperazine rings is 1. The van der Waals surface area contributed by atoms with Crippen LogP contribution in [0.4, 0.5) is 0 Å². The zero-order chi connectivity index (χ0) is 25.3. The van der Waals surface area contributed by atoms with Crippen molar-refractivity contribution >= 4 is 5.91 Å². The van der Waals surface area contributed by atoms with E-state index >= 15 is 0 Å². The fourth-order valence-electron chi connectivity index (χ4n) is 4.47. The van der Waals surface area contributed by atoms with Crippen molar-refractivity contribution < 1.29 is 14.3 Å². The van der Waals surface area contributed by atoms with Gasteiger partial charge < -0.3 is 19.7 Å². The molecule has 3 aromatic carbocycles. The van der Waals surface area contributed by atoms with E-state index in [-0.39, 0.29) is 18.6 Å². The highest BCUT2D eigenvalue weighted by molar-refractivity contribution is 5.77. The van der Waals surface area contributed by atoms with E-state index in [1.54, 1.807) is 0 Å². The molecule has 0 bridgehead atoms. The van der Waals surface area contributed by atoms with E-state index in [0.717, 1.165) is 47.9 Å². The third-order valence-electron chi connectivity index (χ3n) is 6.37. The van der Waals surface area contributed by atoms with Crippen molar-refractivity contribution in [2.45, 2.75) is 31.9 Å². The number of amides is 1. The lowest BCUT2D eigenvalue weighted by atomic mass is 10.0. The third kappa shape index (κ3) is 6.71. The van der Waals surface area contributed by atoms with Crippen molar-refractivity contribution in [2.24, 2.45) is 0 Å². The molecule has 9 heteroatoms. The van der Waals surface area contributed by atoms with Gasteiger partial charge in [-0.15, -0.1) is 10.2 Å². The van der Waals surface area contributed by atoms with E-state index in [4.69, 9.17) is 9.47 Å². The van der Waals surface area contributed by atoms with Crippen molar-refractivity contribution in [3.05, 3.63) is 95.8 Å². The summed E-state index contributed by atoms with van der Waals surface area (Å²) in [5.41, 5.74) is 2.18. The Labute approximate surface area is 215 Å². The Balaban J connectivity index is 1.17. The number of aromatic nitrogens is 4. The molecule has 0 saturated carbocycles. The standard InChI is InChI=1S/C28H30N6O3/c35-28(15-12-22-6-4-5-9-26(22)37-25-7-2-1-3-8-25)34-17-16-29-19-23(34)18-21-10-13-24(14-11-21)36-20-27-30-32-33-31-27/h1-11,13-14,23,29H,12,15-20H2,(H,30,31,32,33)/t23-/m1/s1. The van der Waals surface area contributed by atoms with Crippen molar-refractivity contribution in [2.75, 3.05) is 19.6 Å². The number of aromatic amines is 1. The quantitative estimate of drug-likeness (QED) is 0.345. The average molecular weight is 499 g/mol. The summed E-state index contributed by atoms with van der Waals surface area (Å²) in [7, 11) is 0. The fraction of sp³-hybridized carbons (Fsp3) is 0.286. The first-order valence-electron chi connectivity index (χ1n) is 12.5. The van der Waals surface area contributed by atoms with Gasteiger partial charge in [0.1, 0.15) is 17.2 Å². The van der Waals surface area contributed by atoms with Crippen molar-refractivity contribution in [1.29, 1.82) is 0 Å². The van der Waals surface area contributed by atoms with E-state index in [9.17, 15) is 4.79 Å². The first kappa shape index (κ1) is 24.5. The molecule has 1 aromatic heterocycles. The maximum atomic E-state index is 13.3. The number of nitrogens with zero attached hydrogens (tertiary/aromatic N) is 4. The lowest BCUT2D eigenvalue weighted by Crippen LogP contribution is -2.54. The maximum absolute atomic E-state index is 13.3. The Morgan fingerprint density at radius 3 is 2.59 bits per heavy atom. The molecule has 0 radical (unpaired) electrons. The lowest BCUT2D eigenvalue weighted by molar-refractivity contribution is -0.134. The molecular formula is C28H30N6O3. The molecule has 9 nitrogen and oxygen atoms in total. The van der Waals surface area contributed by atoms with Crippen LogP contribution < -0.4 is 14.8 Å². The average Bonchev–Trinajstić information content (AvgIpc) is 3.47. The zero-order valence-corrected chi connectivity index (χ0v) is 20.5. The molecular weight excluding hydrogens is 468 g/mol. The van der Waals surface area contributed by atoms with Gasteiger partial charge in [-0.1, -0.05) is 53.7 Å². The van der Waals surface area contributed by atoms with Crippen LogP contribution in [0.1, 0.15) is 23.4 Å². The molecule has 1 saturated heterocycles. The number of nitrogens with one attached hydrogen (secondary N) is 2. The third-order valence-corrected chi connectivity index (χ3v) is 6.37. The Kier molecular flexibility index (Phi) is 8.02. The highest BCUT2D eigenvalue weighted by atomic mass is 16.5. The second-order valence-corrected chi connectivity index (χ2v) is 8.93. The van der Waals surface area contributed by atoms with Gasteiger partial charge in [0.25, 0.3) is 0 Å². The van der Waals surface area contributed by atoms with Crippen LogP contribution in [-0.2, 0) is 24.2 Å². The summed E-state index contributed by atoms with van der Waals surface area (Å²) >= 11 is 0. The SMILES string of the molecule is O=C(CCc1ccccc1Oc1ccccc1)N1CCNC[C@H]1Cc1ccc(OCc2nn[nH]n2)cc1. The van der Waals surface area contributed by atoms with Gasteiger partial charge in [0.2, 0.25) is 11.7 Å². The number of ether oxygens (including phenoxy) is 2. The normalized spacial score (nSPS) is 15.4. The summed E-state index contributed by atoms with van der Waals surface area (Å²) in [5.74, 6) is 2.98. The summed E-state index contributed by atoms with van der Waals surface area (Å²) in [5, 5.41) is 17.1. The van der Waals surface area contributed by atoms with Crippen LogP contribution in [0.5, 0.6) is 17.2 Å². The largest absolute Gasteiger partial charge is 0.485 e. The number of carbonyl (C=O) groups is 1. The molecule has 0 spiro atoms. The number of rotatable bonds is 10. The van der Waals surface area contributed by atoms with Gasteiger partial charge in [0.15, 0.2) is 6.61 Å². The van der Waals surface area contributed by atoms with Gasteiger partial charge in [-0.25, -0.2) is 0 Å². The first-order valence-corrected chi connectivity index (χ1v) is 12.5. The molecule has 2 N–H and O–H groups in total. The minimum atomic E-state index is 0.100. The molecule has 0 unspecified atom stereocenters. The minimum Gasteiger partial charge on any atom is -0.485 e. The van der Waals surface area contributed by atoms with Crippen LogP contribution in [0.25, 0.3) is 0 Å². The summed E-state index contributed by atoms with van der Waals surface area (Å²) < 4.78 is 11.8. The number of carbonyl (C=O) groups excluding carboxylic acids is 1. The summed E-state index contributed by atoms with van der Waals surface area (Å²) in [6, 6.07) is 25.7. The number of hydrogen-bond donors (Lipinski definition) is 2. The molecule has 5 rings (SSSR count). The Hall–Kier alpha value is -4.24. The van der Waals surface area contributed by atoms with Gasteiger partial charge >= 0.3 is 0 Å². The smallest absolute Gasteiger partial charge is 0.223 e. The van der Waals surface area contributed by atoms with Crippen LogP contribution in [0.2, 0.25) is 0 Å². The topological polar surface area (TPSA) is 105 Å². The molecule has 4 aromatic rings. The number of aryl methyl sites for hydroxylation is 1. The first-order chi connectivity index (χ1) is 18.2. The van der Waals surface area contributed by atoms with Gasteiger partial charge in [-0.3, -0.25) is 4.79 Å². The summed E-state index contributed by atoms with van der Waals surface area (Å²) in [6.45, 7) is 2.54. The van der Waals surface area contributed by atoms with Gasteiger partial charge in [0, 0.05) is 32.1 Å². The number of benzene rings is 3.